The molecule has 3 aromatic rings. The number of esters is 1. The third-order valence-electron chi connectivity index (χ3n) is 6.08. The highest BCUT2D eigenvalue weighted by atomic mass is 19.1. The number of benzene rings is 3. The molecule has 1 saturated carbocycles. The lowest BCUT2D eigenvalue weighted by Gasteiger charge is -2.16. The molecule has 1 fully saturated rings. The predicted octanol–water partition coefficient (Wildman–Crippen LogP) is 5.91. The maximum absolute atomic E-state index is 13.3. The molecule has 2 N–H and O–H groups in total. The topological polar surface area (TPSA) is 84.5 Å². The number of carbonyl (C=O) groups is 3. The van der Waals surface area contributed by atoms with Gasteiger partial charge in [-0.1, -0.05) is 48.9 Å². The predicted molar refractivity (Wildman–Crippen MR) is 128 cm³/mol. The van der Waals surface area contributed by atoms with Crippen LogP contribution in [-0.4, -0.2) is 24.9 Å². The molecular weight excluding hydrogens is 435 g/mol. The Labute approximate surface area is 197 Å². The van der Waals surface area contributed by atoms with Crippen molar-refractivity contribution in [2.75, 3.05) is 17.7 Å². The van der Waals surface area contributed by atoms with Crippen LogP contribution in [0.2, 0.25) is 0 Å². The summed E-state index contributed by atoms with van der Waals surface area (Å²) >= 11 is 0. The number of nitrogens with one attached hydrogen (secondary N) is 2. The molecule has 4 rings (SSSR count). The molecule has 0 spiro atoms. The molecule has 2 amide bonds. The zero-order valence-electron chi connectivity index (χ0n) is 18.7. The van der Waals surface area contributed by atoms with E-state index in [9.17, 15) is 18.8 Å². The maximum atomic E-state index is 13.3. The van der Waals surface area contributed by atoms with Gasteiger partial charge >= 0.3 is 12.0 Å². The van der Waals surface area contributed by atoms with E-state index in [4.69, 9.17) is 4.74 Å². The molecule has 174 valence electrons. The van der Waals surface area contributed by atoms with Crippen molar-refractivity contribution >= 4 is 29.2 Å². The second-order valence-corrected chi connectivity index (χ2v) is 8.28. The quantitative estimate of drug-likeness (QED) is 0.354. The van der Waals surface area contributed by atoms with Gasteiger partial charge in [-0.15, -0.1) is 0 Å². The van der Waals surface area contributed by atoms with E-state index in [0.29, 0.717) is 29.8 Å². The first-order valence-corrected chi connectivity index (χ1v) is 11.1. The fraction of sp³-hybridized carbons (Fsp3) is 0.222. The molecule has 0 saturated heterocycles. The number of carbonyl (C=O) groups excluding carboxylic acids is 3. The second-order valence-electron chi connectivity index (χ2n) is 8.28. The number of halogens is 1. The number of Topliss-reactive ketones (excluding diaryl/α,β-unsaturated/α-hetero) is 1. The molecule has 0 aliphatic heterocycles. The van der Waals surface area contributed by atoms with E-state index in [1.165, 1.54) is 25.3 Å². The van der Waals surface area contributed by atoms with Gasteiger partial charge in [-0.05, 0) is 54.3 Å². The summed E-state index contributed by atoms with van der Waals surface area (Å²) in [6, 6.07) is 19.7. The van der Waals surface area contributed by atoms with E-state index in [-0.39, 0.29) is 23.6 Å². The molecule has 6 nitrogen and oxygen atoms in total. The van der Waals surface area contributed by atoms with Crippen LogP contribution in [0.25, 0.3) is 11.1 Å². The minimum atomic E-state index is -0.474. The van der Waals surface area contributed by atoms with Crippen molar-refractivity contribution in [1.29, 1.82) is 0 Å². The number of ketones is 1. The van der Waals surface area contributed by atoms with Crippen molar-refractivity contribution in [3.05, 3.63) is 84.2 Å². The lowest BCUT2D eigenvalue weighted by molar-refractivity contribution is -0.146. The third kappa shape index (κ3) is 5.31. The summed E-state index contributed by atoms with van der Waals surface area (Å²) in [4.78, 5) is 37.1. The van der Waals surface area contributed by atoms with Gasteiger partial charge in [0.05, 0.1) is 13.0 Å². The summed E-state index contributed by atoms with van der Waals surface area (Å²) < 4.78 is 18.1. The summed E-state index contributed by atoms with van der Waals surface area (Å²) in [7, 11) is 1.36. The molecule has 7 heteroatoms. The molecule has 0 heterocycles. The lowest BCUT2D eigenvalue weighted by atomic mass is 9.88. The highest BCUT2D eigenvalue weighted by Gasteiger charge is 2.38. The standard InChI is InChI=1S/C27H25FN2O4/c1-34-26(32)24-7-3-6-23(24)25(31)19-10-8-17(9-11-19)18-12-14-21(15-13-18)29-27(33)30-22-5-2-4-20(28)16-22/h2,4-5,8-16,23-24H,3,6-7H2,1H3,(H2,29,30,33)/t23-,24-/m1/s1. The smallest absolute Gasteiger partial charge is 0.323 e. The summed E-state index contributed by atoms with van der Waals surface area (Å²) in [5, 5.41) is 5.29. The van der Waals surface area contributed by atoms with Crippen molar-refractivity contribution < 1.29 is 23.5 Å². The van der Waals surface area contributed by atoms with Crippen molar-refractivity contribution in [3.8, 4) is 11.1 Å². The Kier molecular flexibility index (Phi) is 7.01. The number of hydrogen-bond acceptors (Lipinski definition) is 4. The minimum absolute atomic E-state index is 0.0247. The largest absolute Gasteiger partial charge is 0.469 e. The van der Waals surface area contributed by atoms with Crippen LogP contribution >= 0.6 is 0 Å². The first-order chi connectivity index (χ1) is 16.4. The number of ether oxygens (including phenoxy) is 1. The van der Waals surface area contributed by atoms with Gasteiger partial charge in [0.1, 0.15) is 5.82 Å². The van der Waals surface area contributed by atoms with Crippen LogP contribution in [0, 0.1) is 17.7 Å². The van der Waals surface area contributed by atoms with Gasteiger partial charge < -0.3 is 15.4 Å². The number of urea groups is 1. The number of rotatable bonds is 6. The Morgan fingerprint density at radius 2 is 1.44 bits per heavy atom. The zero-order chi connectivity index (χ0) is 24.1. The van der Waals surface area contributed by atoms with Crippen LogP contribution < -0.4 is 10.6 Å². The average molecular weight is 461 g/mol. The second kappa shape index (κ2) is 10.3. The average Bonchev–Trinajstić information content (AvgIpc) is 3.34. The molecular formula is C27H25FN2O4. The van der Waals surface area contributed by atoms with Crippen LogP contribution in [0.1, 0.15) is 29.6 Å². The van der Waals surface area contributed by atoms with Crippen molar-refractivity contribution in [1.82, 2.24) is 0 Å². The van der Waals surface area contributed by atoms with Crippen molar-refractivity contribution in [2.24, 2.45) is 11.8 Å². The Hall–Kier alpha value is -4.00. The highest BCUT2D eigenvalue weighted by molar-refractivity contribution is 6.01. The van der Waals surface area contributed by atoms with Gasteiger partial charge in [0.15, 0.2) is 5.78 Å². The summed E-state index contributed by atoms with van der Waals surface area (Å²) in [5.41, 5.74) is 3.36. The third-order valence-corrected chi connectivity index (χ3v) is 6.08. The van der Waals surface area contributed by atoms with Gasteiger partial charge in [-0.25, -0.2) is 9.18 Å². The number of hydrogen-bond donors (Lipinski definition) is 2. The van der Waals surface area contributed by atoms with E-state index >= 15 is 0 Å². The van der Waals surface area contributed by atoms with E-state index in [2.05, 4.69) is 10.6 Å². The Morgan fingerprint density at radius 3 is 2.09 bits per heavy atom. The Bertz CT molecular complexity index is 1190. The van der Waals surface area contributed by atoms with Gasteiger partial charge in [0.2, 0.25) is 0 Å². The summed E-state index contributed by atoms with van der Waals surface area (Å²) in [6.07, 6.45) is 2.22. The molecule has 0 radical (unpaired) electrons. The van der Waals surface area contributed by atoms with Gasteiger partial charge in [-0.2, -0.15) is 0 Å². The van der Waals surface area contributed by atoms with Gasteiger partial charge in [0, 0.05) is 22.9 Å². The van der Waals surface area contributed by atoms with E-state index in [1.807, 2.05) is 24.3 Å². The zero-order valence-corrected chi connectivity index (χ0v) is 18.7. The Balaban J connectivity index is 1.39. The number of amides is 2. The molecule has 34 heavy (non-hydrogen) atoms. The van der Waals surface area contributed by atoms with Crippen LogP contribution in [0.5, 0.6) is 0 Å². The maximum Gasteiger partial charge on any atom is 0.323 e. The minimum Gasteiger partial charge on any atom is -0.469 e. The Morgan fingerprint density at radius 1 is 0.824 bits per heavy atom. The van der Waals surface area contributed by atoms with Crippen LogP contribution in [-0.2, 0) is 9.53 Å². The monoisotopic (exact) mass is 460 g/mol. The normalized spacial score (nSPS) is 17.1. The van der Waals surface area contributed by atoms with Crippen molar-refractivity contribution in [2.45, 2.75) is 19.3 Å². The van der Waals surface area contributed by atoms with Gasteiger partial charge in [0.25, 0.3) is 0 Å². The SMILES string of the molecule is COC(=O)[C@@H]1CCC[C@H]1C(=O)c1ccc(-c2ccc(NC(=O)Nc3cccc(F)c3)cc2)cc1. The molecule has 3 aromatic carbocycles. The fourth-order valence-corrected chi connectivity index (χ4v) is 4.35. The molecule has 0 unspecified atom stereocenters. The molecule has 0 bridgehead atoms. The number of methoxy groups -OCH3 is 1. The molecule has 1 aliphatic carbocycles. The summed E-state index contributed by atoms with van der Waals surface area (Å²) in [6.45, 7) is 0. The van der Waals surface area contributed by atoms with Crippen LogP contribution in [0.3, 0.4) is 0 Å². The number of anilines is 2. The van der Waals surface area contributed by atoms with E-state index in [1.54, 1.807) is 30.3 Å². The van der Waals surface area contributed by atoms with Crippen molar-refractivity contribution in [3.63, 3.8) is 0 Å². The van der Waals surface area contributed by atoms with E-state index < -0.39 is 11.8 Å². The molecule has 0 aromatic heterocycles. The van der Waals surface area contributed by atoms with E-state index in [0.717, 1.165) is 17.5 Å². The summed E-state index contributed by atoms with van der Waals surface area (Å²) in [5.74, 6) is -1.46. The fourth-order valence-electron chi connectivity index (χ4n) is 4.35. The first kappa shape index (κ1) is 23.2. The lowest BCUT2D eigenvalue weighted by Crippen LogP contribution is -2.26. The van der Waals surface area contributed by atoms with Crippen LogP contribution in [0.4, 0.5) is 20.6 Å². The van der Waals surface area contributed by atoms with Crippen LogP contribution in [0.15, 0.2) is 72.8 Å². The highest BCUT2D eigenvalue weighted by Crippen LogP contribution is 2.35. The molecule has 1 aliphatic rings. The van der Waals surface area contributed by atoms with Gasteiger partial charge in [-0.3, -0.25) is 9.59 Å². The first-order valence-electron chi connectivity index (χ1n) is 11.1. The molecule has 2 atom stereocenters.